The van der Waals surface area contributed by atoms with Gasteiger partial charge < -0.3 is 5.11 Å². The highest BCUT2D eigenvalue weighted by atomic mass is 16.3. The van der Waals surface area contributed by atoms with Crippen LogP contribution in [0.25, 0.3) is 0 Å². The van der Waals surface area contributed by atoms with Crippen molar-refractivity contribution in [3.05, 3.63) is 23.8 Å². The smallest absolute Gasteiger partial charge is 0.0918 e. The summed E-state index contributed by atoms with van der Waals surface area (Å²) in [7, 11) is 0. The maximum atomic E-state index is 10.6. The van der Waals surface area contributed by atoms with Crippen molar-refractivity contribution in [2.24, 2.45) is 5.92 Å². The molecule has 0 aliphatic heterocycles. The second kappa shape index (κ2) is 4.31. The second-order valence-electron chi connectivity index (χ2n) is 4.63. The number of hydrogen-bond acceptors (Lipinski definition) is 1. The van der Waals surface area contributed by atoms with Gasteiger partial charge in [-0.15, -0.1) is 6.58 Å². The van der Waals surface area contributed by atoms with Crippen LogP contribution in [0.4, 0.5) is 0 Å². The van der Waals surface area contributed by atoms with Gasteiger partial charge in [0.25, 0.3) is 0 Å². The van der Waals surface area contributed by atoms with Crippen LogP contribution >= 0.6 is 0 Å². The van der Waals surface area contributed by atoms with Crippen LogP contribution in [0, 0.1) is 5.92 Å². The van der Waals surface area contributed by atoms with E-state index >= 15 is 0 Å². The van der Waals surface area contributed by atoms with Crippen molar-refractivity contribution >= 4 is 0 Å². The van der Waals surface area contributed by atoms with Gasteiger partial charge in [-0.25, -0.2) is 0 Å². The summed E-state index contributed by atoms with van der Waals surface area (Å²) in [4.78, 5) is 0. The molecule has 1 aliphatic carbocycles. The zero-order valence-electron chi connectivity index (χ0n) is 9.64. The van der Waals surface area contributed by atoms with Crippen molar-refractivity contribution < 1.29 is 5.11 Å². The van der Waals surface area contributed by atoms with E-state index in [0.717, 1.165) is 19.3 Å². The van der Waals surface area contributed by atoms with Crippen molar-refractivity contribution in [3.8, 4) is 0 Å². The van der Waals surface area contributed by atoms with Crippen LogP contribution in [0.15, 0.2) is 23.8 Å². The Morgan fingerprint density at radius 2 is 2.14 bits per heavy atom. The molecule has 14 heavy (non-hydrogen) atoms. The van der Waals surface area contributed by atoms with Crippen LogP contribution in [-0.2, 0) is 0 Å². The van der Waals surface area contributed by atoms with Crippen molar-refractivity contribution in [2.75, 3.05) is 0 Å². The number of rotatable bonds is 2. The lowest BCUT2D eigenvalue weighted by Crippen LogP contribution is -2.40. The molecule has 1 nitrogen and oxygen atoms in total. The first-order valence-corrected chi connectivity index (χ1v) is 5.54. The molecule has 1 heteroatoms. The zero-order valence-corrected chi connectivity index (χ0v) is 9.64. The first-order chi connectivity index (χ1) is 6.52. The molecule has 0 heterocycles. The maximum Gasteiger partial charge on any atom is 0.0918 e. The van der Waals surface area contributed by atoms with E-state index in [4.69, 9.17) is 0 Å². The Bertz CT molecular complexity index is 248. The number of aliphatic hydroxyl groups is 1. The van der Waals surface area contributed by atoms with E-state index in [2.05, 4.69) is 27.4 Å². The maximum absolute atomic E-state index is 10.6. The lowest BCUT2D eigenvalue weighted by Gasteiger charge is -2.39. The summed E-state index contributed by atoms with van der Waals surface area (Å²) in [6.07, 6.45) is 6.16. The molecule has 0 aromatic heterocycles. The summed E-state index contributed by atoms with van der Waals surface area (Å²) >= 11 is 0. The molecule has 1 aliphatic rings. The molecule has 80 valence electrons. The van der Waals surface area contributed by atoms with Crippen molar-refractivity contribution in [1.29, 1.82) is 0 Å². The fourth-order valence-electron chi connectivity index (χ4n) is 2.44. The molecule has 0 aromatic carbocycles. The minimum Gasteiger partial charge on any atom is -0.385 e. The Morgan fingerprint density at radius 3 is 2.64 bits per heavy atom. The first-order valence-electron chi connectivity index (χ1n) is 5.54. The Balaban J connectivity index is 3.03. The predicted molar refractivity (Wildman–Crippen MR) is 61.2 cm³/mol. The minimum absolute atomic E-state index is 0.160. The third-order valence-electron chi connectivity index (χ3n) is 3.47. The molecule has 1 rings (SSSR count). The molecule has 2 atom stereocenters. The summed E-state index contributed by atoms with van der Waals surface area (Å²) in [5.74, 6) is 0.160. The predicted octanol–water partition coefficient (Wildman–Crippen LogP) is 3.45. The molecule has 0 unspecified atom stereocenters. The molecule has 0 spiro atoms. The van der Waals surface area contributed by atoms with E-state index in [9.17, 15) is 5.11 Å². The highest BCUT2D eigenvalue weighted by Crippen LogP contribution is 2.40. The lowest BCUT2D eigenvalue weighted by molar-refractivity contribution is 0.0173. The Kier molecular flexibility index (Phi) is 3.54. The molecular formula is C13H22O. The van der Waals surface area contributed by atoms with Gasteiger partial charge in [0.2, 0.25) is 0 Å². The van der Waals surface area contributed by atoms with E-state index in [0.29, 0.717) is 0 Å². The fourth-order valence-corrected chi connectivity index (χ4v) is 2.44. The van der Waals surface area contributed by atoms with E-state index in [1.807, 2.05) is 6.08 Å². The molecule has 0 saturated heterocycles. The molecule has 1 saturated carbocycles. The van der Waals surface area contributed by atoms with E-state index in [1.165, 1.54) is 17.6 Å². The fraction of sp³-hybridized carbons (Fsp3) is 0.692. The van der Waals surface area contributed by atoms with Crippen LogP contribution < -0.4 is 0 Å². The van der Waals surface area contributed by atoms with E-state index < -0.39 is 5.60 Å². The largest absolute Gasteiger partial charge is 0.385 e. The van der Waals surface area contributed by atoms with Gasteiger partial charge in [0.05, 0.1) is 5.60 Å². The minimum atomic E-state index is -0.612. The summed E-state index contributed by atoms with van der Waals surface area (Å²) in [5, 5.41) is 10.6. The first kappa shape index (κ1) is 11.5. The van der Waals surface area contributed by atoms with Gasteiger partial charge in [-0.05, 0) is 45.1 Å². The molecule has 0 aromatic rings. The quantitative estimate of drug-likeness (QED) is 0.667. The van der Waals surface area contributed by atoms with Gasteiger partial charge in [-0.2, -0.15) is 0 Å². The molecular weight excluding hydrogens is 172 g/mol. The van der Waals surface area contributed by atoms with Gasteiger partial charge in [0.1, 0.15) is 0 Å². The third kappa shape index (κ3) is 1.93. The van der Waals surface area contributed by atoms with Crippen LogP contribution in [0.5, 0.6) is 0 Å². The Morgan fingerprint density at radius 1 is 1.50 bits per heavy atom. The van der Waals surface area contributed by atoms with Crippen LogP contribution in [0.1, 0.15) is 46.5 Å². The van der Waals surface area contributed by atoms with Crippen molar-refractivity contribution in [3.63, 3.8) is 0 Å². The van der Waals surface area contributed by atoms with E-state index in [1.54, 1.807) is 0 Å². The summed E-state index contributed by atoms with van der Waals surface area (Å²) in [6.45, 7) is 10.0. The number of hydrogen-bond donors (Lipinski definition) is 1. The second-order valence-corrected chi connectivity index (χ2v) is 4.63. The molecule has 1 fully saturated rings. The molecule has 0 radical (unpaired) electrons. The Labute approximate surface area is 87.5 Å². The van der Waals surface area contributed by atoms with Gasteiger partial charge in [0.15, 0.2) is 0 Å². The van der Waals surface area contributed by atoms with Crippen LogP contribution in [0.3, 0.4) is 0 Å². The van der Waals surface area contributed by atoms with Crippen molar-refractivity contribution in [1.82, 2.24) is 0 Å². The average molecular weight is 194 g/mol. The van der Waals surface area contributed by atoms with Crippen LogP contribution in [0.2, 0.25) is 0 Å². The Hall–Kier alpha value is -0.560. The number of allylic oxidation sites excluding steroid dienone is 1. The van der Waals surface area contributed by atoms with Gasteiger partial charge >= 0.3 is 0 Å². The summed E-state index contributed by atoms with van der Waals surface area (Å²) in [5.41, 5.74) is 1.91. The normalized spacial score (nSPS) is 29.9. The highest BCUT2D eigenvalue weighted by Gasteiger charge is 2.38. The van der Waals surface area contributed by atoms with Gasteiger partial charge in [-0.3, -0.25) is 0 Å². The van der Waals surface area contributed by atoms with Crippen molar-refractivity contribution in [2.45, 2.75) is 52.1 Å². The lowest BCUT2D eigenvalue weighted by atomic mass is 9.71. The highest BCUT2D eigenvalue weighted by molar-refractivity contribution is 5.26. The topological polar surface area (TPSA) is 20.2 Å². The summed E-state index contributed by atoms with van der Waals surface area (Å²) in [6, 6.07) is 0. The summed E-state index contributed by atoms with van der Waals surface area (Å²) < 4.78 is 0. The average Bonchev–Trinajstić information content (AvgIpc) is 2.16. The SMILES string of the molecule is C=C[C@@H](C)[C@@]1(O)CCCCC1=C(C)C. The third-order valence-corrected chi connectivity index (χ3v) is 3.47. The monoisotopic (exact) mass is 194 g/mol. The van der Waals surface area contributed by atoms with Crippen LogP contribution in [-0.4, -0.2) is 10.7 Å². The standard InChI is InChI=1S/C13H22O/c1-5-11(4)13(14)9-7-6-8-12(13)10(2)3/h5,11,14H,1,6-9H2,2-4H3/t11-,13+/m1/s1. The zero-order chi connectivity index (χ0) is 10.8. The van der Waals surface area contributed by atoms with Gasteiger partial charge in [0, 0.05) is 5.92 Å². The van der Waals surface area contributed by atoms with Gasteiger partial charge in [-0.1, -0.05) is 18.6 Å². The molecule has 1 N–H and O–H groups in total. The molecule has 0 bridgehead atoms. The van der Waals surface area contributed by atoms with E-state index in [-0.39, 0.29) is 5.92 Å². The molecule has 0 amide bonds.